The lowest BCUT2D eigenvalue weighted by Gasteiger charge is -1.94. The maximum Gasteiger partial charge on any atom is 0.360 e. The Labute approximate surface area is 66.1 Å². The van der Waals surface area contributed by atoms with E-state index in [4.69, 9.17) is 4.42 Å². The number of hydrogen-bond donors (Lipinski definition) is 0. The summed E-state index contributed by atoms with van der Waals surface area (Å²) in [4.78, 5) is 14.7. The van der Waals surface area contributed by atoms with Crippen molar-refractivity contribution in [3.05, 3.63) is 12.0 Å². The summed E-state index contributed by atoms with van der Waals surface area (Å²) in [6.45, 7) is 2.08. The highest BCUT2D eigenvalue weighted by Gasteiger charge is 2.10. The SMILES string of the molecule is CCOC(=O)c1coc(P)n1. The Hall–Kier alpha value is -0.890. The molecule has 1 heterocycles. The molecule has 1 unspecified atom stereocenters. The Morgan fingerprint density at radius 1 is 1.91 bits per heavy atom. The van der Waals surface area contributed by atoms with Crippen molar-refractivity contribution < 1.29 is 13.9 Å². The molecule has 4 nitrogen and oxygen atoms in total. The summed E-state index contributed by atoms with van der Waals surface area (Å²) < 4.78 is 9.45. The minimum atomic E-state index is -0.454. The van der Waals surface area contributed by atoms with Crippen LogP contribution in [0.15, 0.2) is 10.7 Å². The molecule has 60 valence electrons. The number of esters is 1. The van der Waals surface area contributed by atoms with E-state index in [0.29, 0.717) is 12.2 Å². The van der Waals surface area contributed by atoms with E-state index in [2.05, 4.69) is 19.0 Å². The third kappa shape index (κ3) is 2.02. The summed E-state index contributed by atoms with van der Waals surface area (Å²) in [7, 11) is 2.25. The molecule has 0 saturated carbocycles. The van der Waals surface area contributed by atoms with Gasteiger partial charge in [-0.1, -0.05) is 0 Å². The number of rotatable bonds is 2. The van der Waals surface area contributed by atoms with Gasteiger partial charge >= 0.3 is 5.97 Å². The molecule has 1 atom stereocenters. The van der Waals surface area contributed by atoms with E-state index in [9.17, 15) is 4.79 Å². The number of carbonyl (C=O) groups excluding carboxylic acids is 1. The Kier molecular flexibility index (Phi) is 2.60. The molecule has 11 heavy (non-hydrogen) atoms. The smallest absolute Gasteiger partial charge is 0.360 e. The van der Waals surface area contributed by atoms with Crippen LogP contribution in [0.25, 0.3) is 0 Å². The topological polar surface area (TPSA) is 52.3 Å². The molecule has 0 aliphatic heterocycles. The fourth-order valence-corrected chi connectivity index (χ4v) is 0.794. The molecule has 1 rings (SSSR count). The van der Waals surface area contributed by atoms with Crippen LogP contribution in [0.1, 0.15) is 17.4 Å². The van der Waals surface area contributed by atoms with Crippen molar-refractivity contribution in [1.82, 2.24) is 4.98 Å². The number of aromatic nitrogens is 1. The molecule has 5 heteroatoms. The van der Waals surface area contributed by atoms with Crippen LogP contribution in [0.4, 0.5) is 0 Å². The van der Waals surface area contributed by atoms with Gasteiger partial charge in [-0.15, -0.1) is 0 Å². The zero-order chi connectivity index (χ0) is 8.27. The van der Waals surface area contributed by atoms with Crippen LogP contribution in [-0.4, -0.2) is 17.6 Å². The quantitative estimate of drug-likeness (QED) is 0.478. The van der Waals surface area contributed by atoms with E-state index in [1.165, 1.54) is 6.26 Å². The zero-order valence-corrected chi connectivity index (χ0v) is 7.19. The Morgan fingerprint density at radius 3 is 3.09 bits per heavy atom. The van der Waals surface area contributed by atoms with E-state index < -0.39 is 5.97 Å². The second-order valence-corrected chi connectivity index (χ2v) is 2.29. The van der Waals surface area contributed by atoms with Gasteiger partial charge in [0.25, 0.3) is 0 Å². The van der Waals surface area contributed by atoms with Crippen LogP contribution < -0.4 is 5.63 Å². The minimum Gasteiger partial charge on any atom is -0.461 e. The Balaban J connectivity index is 2.69. The van der Waals surface area contributed by atoms with Crippen LogP contribution in [0.3, 0.4) is 0 Å². The van der Waals surface area contributed by atoms with E-state index in [1.807, 2.05) is 0 Å². The Morgan fingerprint density at radius 2 is 2.64 bits per heavy atom. The molecule has 0 amide bonds. The fourth-order valence-electron chi connectivity index (χ4n) is 0.586. The predicted octanol–water partition coefficient (Wildman–Crippen LogP) is 0.352. The molecule has 0 aliphatic carbocycles. The molecule has 0 fully saturated rings. The second kappa shape index (κ2) is 3.49. The molecular formula is C6H8NO3P. The molecule has 0 aromatic carbocycles. The third-order valence-corrected chi connectivity index (χ3v) is 1.27. The number of hydrogen-bond acceptors (Lipinski definition) is 4. The summed E-state index contributed by atoms with van der Waals surface area (Å²) in [5, 5.41) is 0. The third-order valence-electron chi connectivity index (χ3n) is 1.01. The average molecular weight is 173 g/mol. The zero-order valence-electron chi connectivity index (χ0n) is 6.03. The lowest BCUT2D eigenvalue weighted by atomic mass is 10.5. The summed E-state index contributed by atoms with van der Waals surface area (Å²) in [6.07, 6.45) is 1.26. The van der Waals surface area contributed by atoms with Crippen molar-refractivity contribution in [2.45, 2.75) is 6.92 Å². The highest BCUT2D eigenvalue weighted by atomic mass is 31.0. The highest BCUT2D eigenvalue weighted by Crippen LogP contribution is 1.97. The molecule has 0 spiro atoms. The van der Waals surface area contributed by atoms with E-state index in [-0.39, 0.29) is 5.69 Å². The summed E-state index contributed by atoms with van der Waals surface area (Å²) in [5.74, 6) is -0.454. The normalized spacial score (nSPS) is 9.64. The molecule has 1 aromatic heterocycles. The molecule has 0 N–H and O–H groups in total. The lowest BCUT2D eigenvalue weighted by molar-refractivity contribution is 0.0519. The van der Waals surface area contributed by atoms with Gasteiger partial charge in [0.2, 0.25) is 5.63 Å². The first kappa shape index (κ1) is 8.21. The van der Waals surface area contributed by atoms with Crippen molar-refractivity contribution in [1.29, 1.82) is 0 Å². The number of ether oxygens (including phenoxy) is 1. The van der Waals surface area contributed by atoms with Crippen LogP contribution in [-0.2, 0) is 4.74 Å². The lowest BCUT2D eigenvalue weighted by Crippen LogP contribution is -2.06. The van der Waals surface area contributed by atoms with Crippen molar-refractivity contribution in [3.8, 4) is 0 Å². The largest absolute Gasteiger partial charge is 0.461 e. The maximum atomic E-state index is 10.9. The van der Waals surface area contributed by atoms with E-state index in [1.54, 1.807) is 6.92 Å². The van der Waals surface area contributed by atoms with Crippen LogP contribution in [0.5, 0.6) is 0 Å². The van der Waals surface area contributed by atoms with Gasteiger partial charge in [0.15, 0.2) is 5.69 Å². The molecule has 1 aromatic rings. The van der Waals surface area contributed by atoms with Gasteiger partial charge in [-0.05, 0) is 16.2 Å². The molecule has 0 saturated heterocycles. The first-order valence-electron chi connectivity index (χ1n) is 3.12. The number of oxazole rings is 1. The first-order valence-corrected chi connectivity index (χ1v) is 3.70. The van der Waals surface area contributed by atoms with Crippen molar-refractivity contribution >= 4 is 20.8 Å². The maximum absolute atomic E-state index is 10.9. The average Bonchev–Trinajstić information content (AvgIpc) is 2.36. The highest BCUT2D eigenvalue weighted by molar-refractivity contribution is 7.26. The van der Waals surface area contributed by atoms with E-state index >= 15 is 0 Å². The standard InChI is InChI=1S/C6H8NO3P/c1-2-9-5(8)4-3-10-6(11)7-4/h3H,2,11H2,1H3. The van der Waals surface area contributed by atoms with Gasteiger partial charge in [0.05, 0.1) is 6.61 Å². The first-order chi connectivity index (χ1) is 5.24. The second-order valence-electron chi connectivity index (χ2n) is 1.79. The molecule has 0 bridgehead atoms. The monoisotopic (exact) mass is 173 g/mol. The summed E-state index contributed by atoms with van der Waals surface area (Å²) >= 11 is 0. The fraction of sp³-hybridized carbons (Fsp3) is 0.333. The summed E-state index contributed by atoms with van der Waals surface area (Å²) in [5.41, 5.74) is 0.588. The summed E-state index contributed by atoms with van der Waals surface area (Å²) in [6, 6.07) is 0. The van der Waals surface area contributed by atoms with Gasteiger partial charge < -0.3 is 9.15 Å². The van der Waals surface area contributed by atoms with Crippen molar-refractivity contribution in [2.24, 2.45) is 0 Å². The number of carbonyl (C=O) groups is 1. The van der Waals surface area contributed by atoms with Crippen LogP contribution >= 0.6 is 9.24 Å². The van der Waals surface area contributed by atoms with Gasteiger partial charge in [-0.2, -0.15) is 0 Å². The number of nitrogens with zero attached hydrogens (tertiary/aromatic N) is 1. The van der Waals surface area contributed by atoms with Gasteiger partial charge in [-0.3, -0.25) is 0 Å². The molecular weight excluding hydrogens is 165 g/mol. The molecule has 0 aliphatic rings. The van der Waals surface area contributed by atoms with E-state index in [0.717, 1.165) is 0 Å². The molecule has 0 radical (unpaired) electrons. The van der Waals surface area contributed by atoms with Gasteiger partial charge in [-0.25, -0.2) is 9.78 Å². The Bertz CT molecular complexity index is 258. The minimum absolute atomic E-state index is 0.205. The van der Waals surface area contributed by atoms with Gasteiger partial charge in [0.1, 0.15) is 6.26 Å². The van der Waals surface area contributed by atoms with Crippen LogP contribution in [0.2, 0.25) is 0 Å². The van der Waals surface area contributed by atoms with Crippen molar-refractivity contribution in [3.63, 3.8) is 0 Å². The van der Waals surface area contributed by atoms with Crippen LogP contribution in [0, 0.1) is 0 Å². The van der Waals surface area contributed by atoms with Crippen molar-refractivity contribution in [2.75, 3.05) is 6.61 Å². The van der Waals surface area contributed by atoms with Gasteiger partial charge in [0, 0.05) is 0 Å². The predicted molar refractivity (Wildman–Crippen MR) is 41.8 cm³/mol.